The number of fused-ring (bicyclic) bond motifs is 1. The van der Waals surface area contributed by atoms with Crippen LogP contribution in [0.4, 0.5) is 11.4 Å². The Labute approximate surface area is 162 Å². The molecule has 2 aliphatic heterocycles. The van der Waals surface area contributed by atoms with Gasteiger partial charge in [0.05, 0.1) is 29.0 Å². The smallest absolute Gasteiger partial charge is 0.127 e. The quantitative estimate of drug-likeness (QED) is 0.774. The molecule has 132 valence electrons. The van der Waals surface area contributed by atoms with Crippen LogP contribution < -0.4 is 10.6 Å². The van der Waals surface area contributed by atoms with Gasteiger partial charge in [-0.3, -0.25) is 4.99 Å². The van der Waals surface area contributed by atoms with E-state index in [0.29, 0.717) is 12.1 Å². The Hall–Kier alpha value is -2.16. The number of halogens is 1. The largest absolute Gasteiger partial charge is 0.370 e. The van der Waals surface area contributed by atoms with Crippen LogP contribution in [0, 0.1) is 11.3 Å². The van der Waals surface area contributed by atoms with E-state index in [2.05, 4.69) is 16.7 Å². The molecular weight excluding hydrogens is 364 g/mol. The Kier molecular flexibility index (Phi) is 4.80. The van der Waals surface area contributed by atoms with Gasteiger partial charge in [0, 0.05) is 5.02 Å². The lowest BCUT2D eigenvalue weighted by Gasteiger charge is -2.44. The van der Waals surface area contributed by atoms with E-state index in [1.54, 1.807) is 0 Å². The summed E-state index contributed by atoms with van der Waals surface area (Å²) in [6, 6.07) is 15.8. The maximum Gasteiger partial charge on any atom is 0.127 e. The second-order valence-electron chi connectivity index (χ2n) is 6.58. The minimum atomic E-state index is -0.232. The summed E-state index contributed by atoms with van der Waals surface area (Å²) >= 11 is 8.07. The van der Waals surface area contributed by atoms with Crippen LogP contribution in [-0.4, -0.2) is 22.9 Å². The number of anilines is 2. The average Bonchev–Trinajstić information content (AvgIpc) is 2.67. The second kappa shape index (κ2) is 7.22. The molecule has 2 aliphatic rings. The van der Waals surface area contributed by atoms with Gasteiger partial charge in [0.1, 0.15) is 11.9 Å². The van der Waals surface area contributed by atoms with Gasteiger partial charge in [-0.05, 0) is 54.2 Å². The van der Waals surface area contributed by atoms with Crippen LogP contribution in [0.2, 0.25) is 5.02 Å². The van der Waals surface area contributed by atoms with Crippen molar-refractivity contribution in [3.05, 3.63) is 58.6 Å². The molecule has 4 nitrogen and oxygen atoms in total. The lowest BCUT2D eigenvalue weighted by atomic mass is 9.87. The van der Waals surface area contributed by atoms with E-state index in [9.17, 15) is 5.26 Å². The highest BCUT2D eigenvalue weighted by atomic mass is 35.5. The molecule has 6 heteroatoms. The van der Waals surface area contributed by atoms with E-state index in [1.165, 1.54) is 0 Å². The Morgan fingerprint density at radius 3 is 2.77 bits per heavy atom. The Morgan fingerprint density at radius 2 is 2.00 bits per heavy atom. The number of benzene rings is 2. The standard InChI is InChI=1S/C20H19ClN4S/c21-16-5-1-3-14(11-16)13-23-19-20(7-9-26-10-8-20)25-18-15(12-22)4-2-6-17(18)24-19/h1-6,11,25H,7-10,13H2,(H,23,24). The number of aliphatic imine (C=N–C) groups is 1. The van der Waals surface area contributed by atoms with Crippen molar-refractivity contribution in [2.45, 2.75) is 24.9 Å². The predicted molar refractivity (Wildman–Crippen MR) is 110 cm³/mol. The van der Waals surface area contributed by atoms with E-state index in [0.717, 1.165) is 52.1 Å². The van der Waals surface area contributed by atoms with Crippen molar-refractivity contribution in [3.8, 4) is 6.07 Å². The number of rotatable bonds is 2. The Bertz CT molecular complexity index is 897. The number of nitrogens with zero attached hydrogens (tertiary/aromatic N) is 2. The molecule has 0 radical (unpaired) electrons. The highest BCUT2D eigenvalue weighted by Gasteiger charge is 2.41. The lowest BCUT2D eigenvalue weighted by molar-refractivity contribution is 0.559. The van der Waals surface area contributed by atoms with Crippen molar-refractivity contribution >= 4 is 40.6 Å². The van der Waals surface area contributed by atoms with Crippen LogP contribution in [-0.2, 0) is 6.54 Å². The molecule has 0 bridgehead atoms. The van der Waals surface area contributed by atoms with E-state index < -0.39 is 0 Å². The summed E-state index contributed by atoms with van der Waals surface area (Å²) in [5.74, 6) is 3.12. The van der Waals surface area contributed by atoms with Crippen LogP contribution in [0.15, 0.2) is 47.5 Å². The molecule has 2 N–H and O–H groups in total. The molecule has 1 fully saturated rings. The third-order valence-corrected chi connectivity index (χ3v) is 6.13. The van der Waals surface area contributed by atoms with Gasteiger partial charge in [0.25, 0.3) is 0 Å². The summed E-state index contributed by atoms with van der Waals surface area (Å²) in [5.41, 5.74) is 3.33. The first-order valence-corrected chi connectivity index (χ1v) is 10.2. The molecule has 0 aromatic heterocycles. The fraction of sp³-hybridized carbons (Fsp3) is 0.300. The second-order valence-corrected chi connectivity index (χ2v) is 8.24. The normalized spacial score (nSPS) is 19.3. The van der Waals surface area contributed by atoms with Crippen LogP contribution in [0.5, 0.6) is 0 Å². The molecule has 26 heavy (non-hydrogen) atoms. The highest BCUT2D eigenvalue weighted by Crippen LogP contribution is 2.40. The number of hydrogen-bond acceptors (Lipinski definition) is 4. The summed E-state index contributed by atoms with van der Waals surface area (Å²) in [6.07, 6.45) is 1.97. The third kappa shape index (κ3) is 3.27. The van der Waals surface area contributed by atoms with Crippen molar-refractivity contribution in [2.24, 2.45) is 4.99 Å². The molecule has 2 heterocycles. The average molecular weight is 383 g/mol. The first-order valence-electron chi connectivity index (χ1n) is 8.66. The molecule has 0 amide bonds. The van der Waals surface area contributed by atoms with Crippen molar-refractivity contribution in [3.63, 3.8) is 0 Å². The topological polar surface area (TPSA) is 60.2 Å². The summed E-state index contributed by atoms with van der Waals surface area (Å²) in [7, 11) is 0. The van der Waals surface area contributed by atoms with Gasteiger partial charge in [0.15, 0.2) is 0 Å². The van der Waals surface area contributed by atoms with Gasteiger partial charge in [-0.25, -0.2) is 0 Å². The Balaban J connectivity index is 1.71. The molecule has 1 spiro atoms. The summed E-state index contributed by atoms with van der Waals surface area (Å²) in [6.45, 7) is 0.576. The number of nitriles is 1. The van der Waals surface area contributed by atoms with Crippen molar-refractivity contribution < 1.29 is 0 Å². The number of amidine groups is 1. The van der Waals surface area contributed by atoms with Crippen LogP contribution in [0.25, 0.3) is 0 Å². The van der Waals surface area contributed by atoms with E-state index in [-0.39, 0.29) is 5.54 Å². The van der Waals surface area contributed by atoms with Gasteiger partial charge in [-0.1, -0.05) is 29.8 Å². The number of hydrogen-bond donors (Lipinski definition) is 2. The zero-order chi connectivity index (χ0) is 18.0. The molecule has 4 rings (SSSR count). The fourth-order valence-electron chi connectivity index (χ4n) is 3.51. The zero-order valence-electron chi connectivity index (χ0n) is 14.3. The summed E-state index contributed by atoms with van der Waals surface area (Å²) < 4.78 is 0. The number of nitrogens with one attached hydrogen (secondary N) is 2. The fourth-order valence-corrected chi connectivity index (χ4v) is 4.91. The van der Waals surface area contributed by atoms with Gasteiger partial charge < -0.3 is 10.6 Å². The number of para-hydroxylation sites is 1. The van der Waals surface area contributed by atoms with Crippen LogP contribution in [0.3, 0.4) is 0 Å². The maximum atomic E-state index is 9.46. The first-order chi connectivity index (χ1) is 12.7. The Morgan fingerprint density at radius 1 is 1.19 bits per heavy atom. The maximum absolute atomic E-state index is 9.46. The van der Waals surface area contributed by atoms with Gasteiger partial charge in [-0.2, -0.15) is 17.0 Å². The SMILES string of the molecule is N#Cc1cccc2c1NC1(CCSCC1)C(=NCc1cccc(Cl)c1)N2. The van der Waals surface area contributed by atoms with Crippen LogP contribution in [0.1, 0.15) is 24.0 Å². The van der Waals surface area contributed by atoms with Gasteiger partial charge in [0.2, 0.25) is 0 Å². The van der Waals surface area contributed by atoms with Crippen molar-refractivity contribution in [1.29, 1.82) is 5.26 Å². The summed E-state index contributed by atoms with van der Waals surface area (Å²) in [5, 5.41) is 17.4. The molecule has 0 atom stereocenters. The first kappa shape index (κ1) is 17.3. The highest BCUT2D eigenvalue weighted by molar-refractivity contribution is 7.99. The minimum absolute atomic E-state index is 0.232. The minimum Gasteiger partial charge on any atom is -0.370 e. The van der Waals surface area contributed by atoms with Gasteiger partial charge >= 0.3 is 0 Å². The van der Waals surface area contributed by atoms with Crippen molar-refractivity contribution in [2.75, 3.05) is 22.1 Å². The molecule has 2 aromatic carbocycles. The lowest BCUT2D eigenvalue weighted by Crippen LogP contribution is -2.55. The van der Waals surface area contributed by atoms with Gasteiger partial charge in [-0.15, -0.1) is 0 Å². The molecule has 0 unspecified atom stereocenters. The number of thioether (sulfide) groups is 1. The monoisotopic (exact) mass is 382 g/mol. The predicted octanol–water partition coefficient (Wildman–Crippen LogP) is 4.91. The van der Waals surface area contributed by atoms with Crippen molar-refractivity contribution in [1.82, 2.24) is 0 Å². The zero-order valence-corrected chi connectivity index (χ0v) is 15.8. The molecule has 0 aliphatic carbocycles. The van der Waals surface area contributed by atoms with Crippen LogP contribution >= 0.6 is 23.4 Å². The van der Waals surface area contributed by atoms with E-state index in [1.807, 2.05) is 54.2 Å². The summed E-state index contributed by atoms with van der Waals surface area (Å²) in [4.78, 5) is 4.92. The molecule has 1 saturated heterocycles. The molecular formula is C20H19ClN4S. The molecule has 2 aromatic rings. The van der Waals surface area contributed by atoms with E-state index in [4.69, 9.17) is 16.6 Å². The molecule has 0 saturated carbocycles. The third-order valence-electron chi connectivity index (χ3n) is 4.91. The van der Waals surface area contributed by atoms with E-state index >= 15 is 0 Å².